The number of aliphatic hydroxyl groups is 2. The Kier molecular flexibility index (Phi) is 6.86. The van der Waals surface area contributed by atoms with Crippen LogP contribution in [0.25, 0.3) is 0 Å². The number of aliphatic hydroxyl groups excluding tert-OH is 2. The molecule has 0 aliphatic carbocycles. The van der Waals surface area contributed by atoms with Crippen LogP contribution in [0.15, 0.2) is 18.2 Å². The second-order valence-corrected chi connectivity index (χ2v) is 4.25. The van der Waals surface area contributed by atoms with Crippen LogP contribution in [-0.2, 0) is 4.74 Å². The van der Waals surface area contributed by atoms with E-state index < -0.39 is 17.7 Å². The van der Waals surface area contributed by atoms with Gasteiger partial charge in [-0.25, -0.2) is 8.78 Å². The number of methoxy groups -OCH3 is 1. The zero-order chi connectivity index (χ0) is 14.3. The largest absolute Gasteiger partial charge is 0.396 e. The Labute approximate surface area is 111 Å². The van der Waals surface area contributed by atoms with Crippen LogP contribution in [0.1, 0.15) is 18.1 Å². The Hall–Kier alpha value is -1.08. The maximum atomic E-state index is 13.4. The fourth-order valence-corrected chi connectivity index (χ4v) is 1.76. The van der Waals surface area contributed by atoms with Crippen molar-refractivity contribution in [2.45, 2.75) is 18.6 Å². The number of rotatable bonds is 8. The van der Waals surface area contributed by atoms with Gasteiger partial charge in [-0.05, 0) is 24.6 Å². The number of ether oxygens (including phenoxy) is 1. The van der Waals surface area contributed by atoms with Crippen LogP contribution >= 0.6 is 0 Å². The van der Waals surface area contributed by atoms with Gasteiger partial charge in [0.05, 0.1) is 12.7 Å². The highest BCUT2D eigenvalue weighted by Gasteiger charge is 2.16. The van der Waals surface area contributed by atoms with Crippen molar-refractivity contribution in [3.8, 4) is 0 Å². The molecule has 1 aromatic rings. The van der Waals surface area contributed by atoms with Crippen molar-refractivity contribution in [2.75, 3.05) is 26.9 Å². The average molecular weight is 275 g/mol. The first-order chi connectivity index (χ1) is 9.08. The Balaban J connectivity index is 2.58. The monoisotopic (exact) mass is 275 g/mol. The number of halogens is 2. The number of benzene rings is 1. The lowest BCUT2D eigenvalue weighted by atomic mass is 10.1. The highest BCUT2D eigenvalue weighted by atomic mass is 19.1. The predicted octanol–water partition coefficient (Wildman–Crippen LogP) is 0.985. The third-order valence-electron chi connectivity index (χ3n) is 2.76. The van der Waals surface area contributed by atoms with Gasteiger partial charge in [0.15, 0.2) is 0 Å². The molecule has 0 aromatic heterocycles. The van der Waals surface area contributed by atoms with E-state index in [-0.39, 0.29) is 24.8 Å². The molecule has 1 rings (SSSR count). The molecule has 0 fully saturated rings. The SMILES string of the molecule is COCC(CCO)NCC(O)c1cc(F)ccc1F. The fraction of sp³-hybridized carbons (Fsp3) is 0.538. The zero-order valence-corrected chi connectivity index (χ0v) is 10.8. The van der Waals surface area contributed by atoms with Gasteiger partial charge in [0.25, 0.3) is 0 Å². The van der Waals surface area contributed by atoms with Crippen LogP contribution in [0, 0.1) is 11.6 Å². The van der Waals surface area contributed by atoms with E-state index in [1.165, 1.54) is 7.11 Å². The minimum Gasteiger partial charge on any atom is -0.396 e. The fourth-order valence-electron chi connectivity index (χ4n) is 1.76. The van der Waals surface area contributed by atoms with Crippen LogP contribution in [0.2, 0.25) is 0 Å². The van der Waals surface area contributed by atoms with E-state index in [1.54, 1.807) is 0 Å². The summed E-state index contributed by atoms with van der Waals surface area (Å²) in [5.74, 6) is -1.25. The third kappa shape index (κ3) is 5.20. The van der Waals surface area contributed by atoms with E-state index in [4.69, 9.17) is 9.84 Å². The van der Waals surface area contributed by atoms with Gasteiger partial charge in [0.1, 0.15) is 11.6 Å². The van der Waals surface area contributed by atoms with Crippen molar-refractivity contribution in [1.82, 2.24) is 5.32 Å². The van der Waals surface area contributed by atoms with Crippen molar-refractivity contribution in [3.05, 3.63) is 35.4 Å². The summed E-state index contributed by atoms with van der Waals surface area (Å²) in [5, 5.41) is 21.6. The molecule has 1 aromatic carbocycles. The predicted molar refractivity (Wildman–Crippen MR) is 66.7 cm³/mol. The van der Waals surface area contributed by atoms with Gasteiger partial charge in [-0.1, -0.05) is 0 Å². The molecular weight excluding hydrogens is 256 g/mol. The minimum absolute atomic E-state index is 0.0224. The summed E-state index contributed by atoms with van der Waals surface area (Å²) in [6.45, 7) is 0.388. The van der Waals surface area contributed by atoms with Crippen molar-refractivity contribution < 1.29 is 23.7 Å². The lowest BCUT2D eigenvalue weighted by Gasteiger charge is -2.20. The molecule has 0 saturated carbocycles. The van der Waals surface area contributed by atoms with Crippen LogP contribution in [0.5, 0.6) is 0 Å². The molecule has 2 unspecified atom stereocenters. The van der Waals surface area contributed by atoms with E-state index in [0.29, 0.717) is 13.0 Å². The van der Waals surface area contributed by atoms with Crippen molar-refractivity contribution in [2.24, 2.45) is 0 Å². The molecular formula is C13H19F2NO3. The van der Waals surface area contributed by atoms with Crippen LogP contribution in [0.3, 0.4) is 0 Å². The topological polar surface area (TPSA) is 61.7 Å². The quantitative estimate of drug-likeness (QED) is 0.662. The first-order valence-electron chi connectivity index (χ1n) is 6.04. The second kappa shape index (κ2) is 8.16. The van der Waals surface area contributed by atoms with Gasteiger partial charge in [-0.2, -0.15) is 0 Å². The van der Waals surface area contributed by atoms with Crippen molar-refractivity contribution in [3.63, 3.8) is 0 Å². The van der Waals surface area contributed by atoms with Gasteiger partial charge in [-0.15, -0.1) is 0 Å². The average Bonchev–Trinajstić information content (AvgIpc) is 2.39. The molecule has 0 amide bonds. The smallest absolute Gasteiger partial charge is 0.129 e. The molecule has 3 N–H and O–H groups in total. The normalized spacial score (nSPS) is 14.4. The number of nitrogens with one attached hydrogen (secondary N) is 1. The molecule has 0 heterocycles. The lowest BCUT2D eigenvalue weighted by molar-refractivity contribution is 0.125. The number of hydrogen-bond acceptors (Lipinski definition) is 4. The summed E-state index contributed by atoms with van der Waals surface area (Å²) in [4.78, 5) is 0. The Morgan fingerprint density at radius 3 is 2.74 bits per heavy atom. The molecule has 6 heteroatoms. The Bertz CT molecular complexity index is 384. The minimum atomic E-state index is -1.16. The molecule has 108 valence electrons. The summed E-state index contributed by atoms with van der Waals surface area (Å²) in [6.07, 6.45) is -0.708. The van der Waals surface area contributed by atoms with Crippen LogP contribution in [0.4, 0.5) is 8.78 Å². The highest BCUT2D eigenvalue weighted by Crippen LogP contribution is 2.17. The molecule has 0 bridgehead atoms. The van der Waals surface area contributed by atoms with Crippen LogP contribution < -0.4 is 5.32 Å². The summed E-state index contributed by atoms with van der Waals surface area (Å²) >= 11 is 0. The molecule has 2 atom stereocenters. The van der Waals surface area contributed by atoms with Gasteiger partial charge in [0, 0.05) is 31.9 Å². The summed E-state index contributed by atoms with van der Waals surface area (Å²) in [5.41, 5.74) is -0.0901. The molecule has 0 spiro atoms. The zero-order valence-electron chi connectivity index (χ0n) is 10.8. The molecule has 0 aliphatic heterocycles. The molecule has 0 saturated heterocycles. The van der Waals surface area contributed by atoms with E-state index in [1.807, 2.05) is 0 Å². The third-order valence-corrected chi connectivity index (χ3v) is 2.76. The highest BCUT2D eigenvalue weighted by molar-refractivity contribution is 5.21. The molecule has 19 heavy (non-hydrogen) atoms. The van der Waals surface area contributed by atoms with Gasteiger partial charge in [-0.3, -0.25) is 0 Å². The van der Waals surface area contributed by atoms with Gasteiger partial charge >= 0.3 is 0 Å². The van der Waals surface area contributed by atoms with Crippen LogP contribution in [-0.4, -0.2) is 43.1 Å². The number of hydrogen-bond donors (Lipinski definition) is 3. The van der Waals surface area contributed by atoms with E-state index in [9.17, 15) is 13.9 Å². The van der Waals surface area contributed by atoms with E-state index in [0.717, 1.165) is 18.2 Å². The van der Waals surface area contributed by atoms with Crippen molar-refractivity contribution in [1.29, 1.82) is 0 Å². The summed E-state index contributed by atoms with van der Waals surface area (Å²) in [7, 11) is 1.52. The van der Waals surface area contributed by atoms with Gasteiger partial charge in [0.2, 0.25) is 0 Å². The van der Waals surface area contributed by atoms with Gasteiger partial charge < -0.3 is 20.3 Å². The first-order valence-corrected chi connectivity index (χ1v) is 6.04. The van der Waals surface area contributed by atoms with Crippen molar-refractivity contribution >= 4 is 0 Å². The Morgan fingerprint density at radius 2 is 2.11 bits per heavy atom. The standard InChI is InChI=1S/C13H19F2NO3/c1-19-8-10(4-5-17)16-7-13(18)11-6-9(14)2-3-12(11)15/h2-3,6,10,13,16-18H,4-5,7-8H2,1H3. The molecule has 4 nitrogen and oxygen atoms in total. The summed E-state index contributed by atoms with van der Waals surface area (Å²) in [6, 6.07) is 2.80. The first kappa shape index (κ1) is 16.0. The maximum absolute atomic E-state index is 13.4. The molecule has 0 radical (unpaired) electrons. The van der Waals surface area contributed by atoms with E-state index in [2.05, 4.69) is 5.32 Å². The Morgan fingerprint density at radius 1 is 1.37 bits per heavy atom. The molecule has 0 aliphatic rings. The summed E-state index contributed by atoms with van der Waals surface area (Å²) < 4.78 is 31.4. The maximum Gasteiger partial charge on any atom is 0.129 e. The second-order valence-electron chi connectivity index (χ2n) is 4.25. The lowest BCUT2D eigenvalue weighted by Crippen LogP contribution is -2.37. The van der Waals surface area contributed by atoms with E-state index >= 15 is 0 Å².